The number of hydrogen-bond acceptors (Lipinski definition) is 3. The number of benzene rings is 1. The van der Waals surface area contributed by atoms with Crippen molar-refractivity contribution in [3.05, 3.63) is 29.3 Å². The molecule has 1 saturated heterocycles. The van der Waals surface area contributed by atoms with Gasteiger partial charge in [-0.1, -0.05) is 37.5 Å². The summed E-state index contributed by atoms with van der Waals surface area (Å²) < 4.78 is 12.3. The Morgan fingerprint density at radius 3 is 2.31 bits per heavy atom. The highest BCUT2D eigenvalue weighted by molar-refractivity contribution is 6.62. The van der Waals surface area contributed by atoms with Crippen molar-refractivity contribution in [3.8, 4) is 0 Å². The predicted molar refractivity (Wildman–Crippen MR) is 105 cm³/mol. The van der Waals surface area contributed by atoms with Crippen molar-refractivity contribution in [1.82, 2.24) is 5.32 Å². The number of carbonyl (C=O) groups is 1. The van der Waals surface area contributed by atoms with Gasteiger partial charge in [-0.05, 0) is 64.1 Å². The number of carbonyl (C=O) groups excluding carboxylic acids is 1. The van der Waals surface area contributed by atoms with Crippen LogP contribution < -0.4 is 10.8 Å². The van der Waals surface area contributed by atoms with Crippen molar-refractivity contribution in [2.24, 2.45) is 5.92 Å². The summed E-state index contributed by atoms with van der Waals surface area (Å²) >= 11 is 0. The first-order valence-corrected chi connectivity index (χ1v) is 9.92. The topological polar surface area (TPSA) is 47.6 Å². The third kappa shape index (κ3) is 3.99. The molecule has 0 unspecified atom stereocenters. The summed E-state index contributed by atoms with van der Waals surface area (Å²) in [6.45, 7) is 10.9. The molecule has 1 aliphatic heterocycles. The van der Waals surface area contributed by atoms with Crippen molar-refractivity contribution in [3.63, 3.8) is 0 Å². The molecule has 0 atom stereocenters. The first-order chi connectivity index (χ1) is 12.2. The van der Waals surface area contributed by atoms with E-state index in [0.29, 0.717) is 6.54 Å². The summed E-state index contributed by atoms with van der Waals surface area (Å²) in [5.41, 5.74) is 2.66. The maximum absolute atomic E-state index is 12.4. The minimum atomic E-state index is -0.343. The van der Waals surface area contributed by atoms with E-state index in [4.69, 9.17) is 9.31 Å². The number of aryl methyl sites for hydroxylation is 1. The predicted octanol–water partition coefficient (Wildman–Crippen LogP) is 3.49. The van der Waals surface area contributed by atoms with Crippen LogP contribution in [0.25, 0.3) is 0 Å². The second-order valence-electron chi connectivity index (χ2n) is 8.83. The van der Waals surface area contributed by atoms with E-state index in [1.807, 2.05) is 0 Å². The molecule has 4 nitrogen and oxygen atoms in total. The average Bonchev–Trinajstić information content (AvgIpc) is 2.82. The van der Waals surface area contributed by atoms with Gasteiger partial charge in [0.05, 0.1) is 11.2 Å². The second kappa shape index (κ2) is 7.36. The summed E-state index contributed by atoms with van der Waals surface area (Å²) in [5.74, 6) is 0.409. The van der Waals surface area contributed by atoms with E-state index in [-0.39, 0.29) is 30.1 Å². The quantitative estimate of drug-likeness (QED) is 0.840. The van der Waals surface area contributed by atoms with Crippen LogP contribution in [-0.4, -0.2) is 24.2 Å². The van der Waals surface area contributed by atoms with Gasteiger partial charge in [0.2, 0.25) is 5.91 Å². The van der Waals surface area contributed by atoms with Gasteiger partial charge < -0.3 is 14.6 Å². The van der Waals surface area contributed by atoms with E-state index in [1.54, 1.807) is 0 Å². The summed E-state index contributed by atoms with van der Waals surface area (Å²) in [6, 6.07) is 6.25. The van der Waals surface area contributed by atoms with Crippen molar-refractivity contribution < 1.29 is 14.1 Å². The Labute approximate surface area is 158 Å². The zero-order valence-corrected chi connectivity index (χ0v) is 16.9. The SMILES string of the molecule is Cc1cc(B2OC(C)(C)C(C)(C)O2)ccc1CNC(=O)C1CCCCC1. The van der Waals surface area contributed by atoms with Crippen LogP contribution in [0.15, 0.2) is 18.2 Å². The molecular formula is C21H32BNO3. The van der Waals surface area contributed by atoms with Crippen LogP contribution >= 0.6 is 0 Å². The van der Waals surface area contributed by atoms with Gasteiger partial charge in [-0.15, -0.1) is 0 Å². The molecule has 0 spiro atoms. The van der Waals surface area contributed by atoms with E-state index >= 15 is 0 Å². The van der Waals surface area contributed by atoms with Gasteiger partial charge in [0.1, 0.15) is 0 Å². The van der Waals surface area contributed by atoms with Crippen LogP contribution in [0.1, 0.15) is 70.9 Å². The zero-order valence-electron chi connectivity index (χ0n) is 16.9. The Kier molecular flexibility index (Phi) is 5.50. The molecule has 26 heavy (non-hydrogen) atoms. The molecule has 142 valence electrons. The molecule has 1 heterocycles. The lowest BCUT2D eigenvalue weighted by Gasteiger charge is -2.32. The van der Waals surface area contributed by atoms with Gasteiger partial charge in [-0.3, -0.25) is 4.79 Å². The summed E-state index contributed by atoms with van der Waals surface area (Å²) in [7, 11) is -0.343. The lowest BCUT2D eigenvalue weighted by atomic mass is 9.78. The van der Waals surface area contributed by atoms with Gasteiger partial charge in [0.15, 0.2) is 0 Å². The first kappa shape index (κ1) is 19.4. The molecule has 1 aliphatic carbocycles. The highest BCUT2D eigenvalue weighted by atomic mass is 16.7. The third-order valence-corrected chi connectivity index (χ3v) is 6.32. The van der Waals surface area contributed by atoms with Crippen molar-refractivity contribution >= 4 is 18.5 Å². The Hall–Kier alpha value is -1.33. The molecule has 0 bridgehead atoms. The maximum atomic E-state index is 12.4. The van der Waals surface area contributed by atoms with Crippen molar-refractivity contribution in [2.45, 2.75) is 84.5 Å². The van der Waals surface area contributed by atoms with Gasteiger partial charge in [-0.2, -0.15) is 0 Å². The Morgan fingerprint density at radius 2 is 1.73 bits per heavy atom. The number of rotatable bonds is 4. The van der Waals surface area contributed by atoms with Crippen LogP contribution in [0.4, 0.5) is 0 Å². The lowest BCUT2D eigenvalue weighted by Crippen LogP contribution is -2.41. The van der Waals surface area contributed by atoms with Crippen LogP contribution in [0.5, 0.6) is 0 Å². The summed E-state index contributed by atoms with van der Waals surface area (Å²) in [6.07, 6.45) is 5.69. The molecule has 2 aliphatic rings. The minimum Gasteiger partial charge on any atom is -0.399 e. The van der Waals surface area contributed by atoms with E-state index in [2.05, 4.69) is 58.1 Å². The Bertz CT molecular complexity index is 649. The van der Waals surface area contributed by atoms with Gasteiger partial charge in [0.25, 0.3) is 0 Å². The average molecular weight is 357 g/mol. The van der Waals surface area contributed by atoms with E-state index < -0.39 is 0 Å². The van der Waals surface area contributed by atoms with Crippen LogP contribution in [-0.2, 0) is 20.6 Å². The van der Waals surface area contributed by atoms with E-state index in [0.717, 1.165) is 29.4 Å². The van der Waals surface area contributed by atoms with Gasteiger partial charge >= 0.3 is 7.12 Å². The fraction of sp³-hybridized carbons (Fsp3) is 0.667. The lowest BCUT2D eigenvalue weighted by molar-refractivity contribution is -0.126. The molecular weight excluding hydrogens is 325 g/mol. The number of nitrogens with one attached hydrogen (secondary N) is 1. The molecule has 1 aromatic rings. The highest BCUT2D eigenvalue weighted by Crippen LogP contribution is 2.36. The van der Waals surface area contributed by atoms with E-state index in [1.165, 1.54) is 19.3 Å². The molecule has 2 fully saturated rings. The van der Waals surface area contributed by atoms with Crippen LogP contribution in [0.3, 0.4) is 0 Å². The Balaban J connectivity index is 1.62. The standard InChI is InChI=1S/C21H32BNO3/c1-15-13-18(22-25-20(2,3)21(4,5)26-22)12-11-17(15)14-23-19(24)16-9-7-6-8-10-16/h11-13,16H,6-10,14H2,1-5H3,(H,23,24). The second-order valence-corrected chi connectivity index (χ2v) is 8.83. The molecule has 1 N–H and O–H groups in total. The minimum absolute atomic E-state index is 0.202. The molecule has 0 aromatic heterocycles. The van der Waals surface area contributed by atoms with Crippen LogP contribution in [0, 0.1) is 12.8 Å². The fourth-order valence-corrected chi connectivity index (χ4v) is 3.73. The first-order valence-electron chi connectivity index (χ1n) is 9.92. The molecule has 5 heteroatoms. The molecule has 3 rings (SSSR count). The normalized spacial score (nSPS) is 22.4. The van der Waals surface area contributed by atoms with Crippen molar-refractivity contribution in [1.29, 1.82) is 0 Å². The largest absolute Gasteiger partial charge is 0.494 e. The maximum Gasteiger partial charge on any atom is 0.494 e. The monoisotopic (exact) mass is 357 g/mol. The fourth-order valence-electron chi connectivity index (χ4n) is 3.73. The van der Waals surface area contributed by atoms with Crippen molar-refractivity contribution in [2.75, 3.05) is 0 Å². The molecule has 0 radical (unpaired) electrons. The number of amides is 1. The smallest absolute Gasteiger partial charge is 0.399 e. The molecule has 1 aromatic carbocycles. The number of hydrogen-bond donors (Lipinski definition) is 1. The highest BCUT2D eigenvalue weighted by Gasteiger charge is 2.51. The Morgan fingerprint density at radius 1 is 1.12 bits per heavy atom. The molecule has 1 amide bonds. The third-order valence-electron chi connectivity index (χ3n) is 6.32. The summed E-state index contributed by atoms with van der Waals surface area (Å²) in [4.78, 5) is 12.4. The van der Waals surface area contributed by atoms with Crippen LogP contribution in [0.2, 0.25) is 0 Å². The zero-order chi connectivity index (χ0) is 18.9. The van der Waals surface area contributed by atoms with Gasteiger partial charge in [0, 0.05) is 12.5 Å². The summed E-state index contributed by atoms with van der Waals surface area (Å²) in [5, 5.41) is 3.12. The van der Waals surface area contributed by atoms with E-state index in [9.17, 15) is 4.79 Å². The molecule has 1 saturated carbocycles. The van der Waals surface area contributed by atoms with Gasteiger partial charge in [-0.25, -0.2) is 0 Å².